The largest absolute Gasteiger partial charge is 0.393 e. The molecule has 1 saturated heterocycles. The number of aliphatic hydroxyl groups excluding tert-OH is 1. The van der Waals surface area contributed by atoms with Gasteiger partial charge in [-0.1, -0.05) is 13.3 Å². The molecule has 0 radical (unpaired) electrons. The maximum absolute atomic E-state index is 9.37. The molecule has 4 nitrogen and oxygen atoms in total. The molecular formula is C11H25N3O. The zero-order valence-corrected chi connectivity index (χ0v) is 10.00. The summed E-state index contributed by atoms with van der Waals surface area (Å²) in [5.41, 5.74) is 0. The summed E-state index contributed by atoms with van der Waals surface area (Å²) in [5, 5.41) is 16.1. The first-order chi connectivity index (χ1) is 7.29. The summed E-state index contributed by atoms with van der Waals surface area (Å²) in [6.45, 7) is 8.65. The molecule has 4 heteroatoms. The van der Waals surface area contributed by atoms with Crippen LogP contribution in [0.2, 0.25) is 0 Å². The molecule has 0 amide bonds. The van der Waals surface area contributed by atoms with Crippen molar-refractivity contribution in [2.75, 3.05) is 32.8 Å². The molecule has 0 aliphatic carbocycles. The van der Waals surface area contributed by atoms with Gasteiger partial charge in [-0.05, 0) is 19.9 Å². The van der Waals surface area contributed by atoms with E-state index in [1.165, 1.54) is 12.8 Å². The Morgan fingerprint density at radius 1 is 1.60 bits per heavy atom. The third kappa shape index (κ3) is 4.07. The van der Waals surface area contributed by atoms with Crippen molar-refractivity contribution in [3.63, 3.8) is 0 Å². The highest BCUT2D eigenvalue weighted by Crippen LogP contribution is 2.06. The molecule has 2 atom stereocenters. The highest BCUT2D eigenvalue weighted by Gasteiger charge is 2.24. The van der Waals surface area contributed by atoms with Crippen LogP contribution in [0.5, 0.6) is 0 Å². The van der Waals surface area contributed by atoms with Gasteiger partial charge < -0.3 is 10.4 Å². The SMILES string of the molecule is CCCCNC(CO)N1CCNCC1C. The number of rotatable bonds is 6. The van der Waals surface area contributed by atoms with Crippen LogP contribution in [0.25, 0.3) is 0 Å². The van der Waals surface area contributed by atoms with Crippen molar-refractivity contribution in [2.24, 2.45) is 0 Å². The molecule has 3 N–H and O–H groups in total. The number of nitrogens with one attached hydrogen (secondary N) is 2. The highest BCUT2D eigenvalue weighted by molar-refractivity contribution is 4.80. The average Bonchev–Trinajstić information content (AvgIpc) is 2.26. The van der Waals surface area contributed by atoms with Crippen LogP contribution < -0.4 is 10.6 Å². The van der Waals surface area contributed by atoms with Gasteiger partial charge in [-0.25, -0.2) is 0 Å². The minimum atomic E-state index is 0.133. The Balaban J connectivity index is 2.34. The summed E-state index contributed by atoms with van der Waals surface area (Å²) in [6, 6.07) is 0.505. The van der Waals surface area contributed by atoms with E-state index in [-0.39, 0.29) is 12.8 Å². The molecule has 1 aliphatic rings. The first-order valence-corrected chi connectivity index (χ1v) is 6.10. The van der Waals surface area contributed by atoms with Crippen LogP contribution in [-0.2, 0) is 0 Å². The molecule has 0 aromatic heterocycles. The van der Waals surface area contributed by atoms with Crippen molar-refractivity contribution in [3.05, 3.63) is 0 Å². The summed E-state index contributed by atoms with van der Waals surface area (Å²) in [6.07, 6.45) is 2.51. The van der Waals surface area contributed by atoms with E-state index >= 15 is 0 Å². The highest BCUT2D eigenvalue weighted by atomic mass is 16.3. The van der Waals surface area contributed by atoms with Crippen LogP contribution in [0, 0.1) is 0 Å². The normalized spacial score (nSPS) is 25.4. The maximum Gasteiger partial charge on any atom is 0.0838 e. The molecule has 0 aromatic rings. The van der Waals surface area contributed by atoms with Gasteiger partial charge in [0.1, 0.15) is 0 Å². The van der Waals surface area contributed by atoms with Gasteiger partial charge >= 0.3 is 0 Å². The van der Waals surface area contributed by atoms with Gasteiger partial charge in [-0.3, -0.25) is 10.2 Å². The standard InChI is InChI=1S/C11H25N3O/c1-3-4-5-13-11(9-15)14-7-6-12-8-10(14)2/h10-13,15H,3-9H2,1-2H3. The Hall–Kier alpha value is -0.160. The zero-order valence-electron chi connectivity index (χ0n) is 10.00. The second-order valence-electron chi connectivity index (χ2n) is 4.30. The number of hydrogen-bond donors (Lipinski definition) is 3. The van der Waals surface area contributed by atoms with Crippen molar-refractivity contribution in [1.82, 2.24) is 15.5 Å². The van der Waals surface area contributed by atoms with Crippen molar-refractivity contribution in [3.8, 4) is 0 Å². The lowest BCUT2D eigenvalue weighted by Gasteiger charge is -2.39. The fourth-order valence-corrected chi connectivity index (χ4v) is 2.05. The second-order valence-corrected chi connectivity index (χ2v) is 4.30. The number of nitrogens with zero attached hydrogens (tertiary/aromatic N) is 1. The molecule has 15 heavy (non-hydrogen) atoms. The van der Waals surface area contributed by atoms with E-state index in [9.17, 15) is 5.11 Å². The monoisotopic (exact) mass is 215 g/mol. The summed E-state index contributed by atoms with van der Waals surface area (Å²) < 4.78 is 0. The lowest BCUT2D eigenvalue weighted by atomic mass is 10.2. The summed E-state index contributed by atoms with van der Waals surface area (Å²) in [4.78, 5) is 2.35. The lowest BCUT2D eigenvalue weighted by Crippen LogP contribution is -2.59. The van der Waals surface area contributed by atoms with E-state index in [1.54, 1.807) is 0 Å². The Morgan fingerprint density at radius 3 is 3.00 bits per heavy atom. The van der Waals surface area contributed by atoms with Crippen molar-refractivity contribution in [2.45, 2.75) is 38.9 Å². The molecule has 1 heterocycles. The van der Waals surface area contributed by atoms with Crippen LogP contribution in [0.1, 0.15) is 26.7 Å². The Labute approximate surface area is 93.0 Å². The third-order valence-corrected chi connectivity index (χ3v) is 3.04. The van der Waals surface area contributed by atoms with Gasteiger partial charge in [0.2, 0.25) is 0 Å². The van der Waals surface area contributed by atoms with Crippen molar-refractivity contribution < 1.29 is 5.11 Å². The van der Waals surface area contributed by atoms with E-state index in [2.05, 4.69) is 29.4 Å². The van der Waals surface area contributed by atoms with Gasteiger partial charge in [-0.15, -0.1) is 0 Å². The third-order valence-electron chi connectivity index (χ3n) is 3.04. The fraction of sp³-hybridized carbons (Fsp3) is 1.00. The molecular weight excluding hydrogens is 190 g/mol. The molecule has 1 fully saturated rings. The number of hydrogen-bond acceptors (Lipinski definition) is 4. The first-order valence-electron chi connectivity index (χ1n) is 6.10. The number of aliphatic hydroxyl groups is 1. The maximum atomic E-state index is 9.37. The smallest absolute Gasteiger partial charge is 0.0838 e. The molecule has 90 valence electrons. The predicted octanol–water partition coefficient (Wildman–Crippen LogP) is -0.0118. The van der Waals surface area contributed by atoms with Crippen LogP contribution in [0.15, 0.2) is 0 Å². The molecule has 1 aliphatic heterocycles. The van der Waals surface area contributed by atoms with Crippen LogP contribution >= 0.6 is 0 Å². The van der Waals surface area contributed by atoms with Gasteiger partial charge in [0, 0.05) is 25.7 Å². The summed E-state index contributed by atoms with van der Waals surface area (Å²) in [7, 11) is 0. The quantitative estimate of drug-likeness (QED) is 0.545. The number of piperazine rings is 1. The summed E-state index contributed by atoms with van der Waals surface area (Å²) >= 11 is 0. The molecule has 0 aromatic carbocycles. The van der Waals surface area contributed by atoms with E-state index in [0.717, 1.165) is 26.2 Å². The topological polar surface area (TPSA) is 47.5 Å². The first kappa shape index (κ1) is 12.9. The zero-order chi connectivity index (χ0) is 11.1. The fourth-order valence-electron chi connectivity index (χ4n) is 2.05. The molecule has 2 unspecified atom stereocenters. The van der Waals surface area contributed by atoms with E-state index < -0.39 is 0 Å². The molecule has 0 spiro atoms. The Bertz CT molecular complexity index is 166. The number of unbranched alkanes of at least 4 members (excludes halogenated alkanes) is 1. The lowest BCUT2D eigenvalue weighted by molar-refractivity contribution is 0.0531. The van der Waals surface area contributed by atoms with Gasteiger partial charge in [-0.2, -0.15) is 0 Å². The minimum Gasteiger partial charge on any atom is -0.393 e. The average molecular weight is 215 g/mol. The van der Waals surface area contributed by atoms with E-state index in [4.69, 9.17) is 0 Å². The van der Waals surface area contributed by atoms with Gasteiger partial charge in [0.05, 0.1) is 12.8 Å². The molecule has 0 bridgehead atoms. The van der Waals surface area contributed by atoms with Crippen LogP contribution in [0.3, 0.4) is 0 Å². The van der Waals surface area contributed by atoms with Crippen LogP contribution in [-0.4, -0.2) is 55.0 Å². The summed E-state index contributed by atoms with van der Waals surface area (Å²) in [5.74, 6) is 0. The van der Waals surface area contributed by atoms with Gasteiger partial charge in [0.25, 0.3) is 0 Å². The minimum absolute atomic E-state index is 0.133. The predicted molar refractivity (Wildman–Crippen MR) is 62.8 cm³/mol. The van der Waals surface area contributed by atoms with Crippen LogP contribution in [0.4, 0.5) is 0 Å². The second kappa shape index (κ2) is 7.17. The van der Waals surface area contributed by atoms with Crippen molar-refractivity contribution >= 4 is 0 Å². The molecule has 0 saturated carbocycles. The van der Waals surface area contributed by atoms with Crippen molar-refractivity contribution in [1.29, 1.82) is 0 Å². The van der Waals surface area contributed by atoms with E-state index in [0.29, 0.717) is 6.04 Å². The van der Waals surface area contributed by atoms with E-state index in [1.807, 2.05) is 0 Å². The Kier molecular flexibility index (Phi) is 6.17. The van der Waals surface area contributed by atoms with Gasteiger partial charge in [0.15, 0.2) is 0 Å². The molecule has 1 rings (SSSR count). The Morgan fingerprint density at radius 2 is 2.40 bits per heavy atom.